The van der Waals surface area contributed by atoms with Gasteiger partial charge in [0.1, 0.15) is 0 Å². The van der Waals surface area contributed by atoms with E-state index in [0.29, 0.717) is 11.6 Å². The summed E-state index contributed by atoms with van der Waals surface area (Å²) >= 11 is 0. The molecular formula is C15H26N4O. The van der Waals surface area contributed by atoms with Gasteiger partial charge in [0.15, 0.2) is 0 Å². The highest BCUT2D eigenvalue weighted by atomic mass is 16.1. The molecule has 5 nitrogen and oxygen atoms in total. The largest absolute Gasteiger partial charge is 0.347 e. The molecular weight excluding hydrogens is 252 g/mol. The van der Waals surface area contributed by atoms with Gasteiger partial charge in [0.2, 0.25) is 0 Å². The normalized spacial score (nSPS) is 19.3. The average Bonchev–Trinajstić information content (AvgIpc) is 2.70. The molecule has 2 heterocycles. The molecule has 0 radical (unpaired) electrons. The molecule has 1 amide bonds. The van der Waals surface area contributed by atoms with E-state index >= 15 is 0 Å². The summed E-state index contributed by atoms with van der Waals surface area (Å²) in [6.07, 6.45) is 3.64. The van der Waals surface area contributed by atoms with Gasteiger partial charge >= 0.3 is 0 Å². The van der Waals surface area contributed by atoms with E-state index in [0.717, 1.165) is 31.6 Å². The van der Waals surface area contributed by atoms with Crippen LogP contribution in [0.3, 0.4) is 0 Å². The fourth-order valence-electron chi connectivity index (χ4n) is 2.72. The first kappa shape index (κ1) is 15.0. The number of aryl methyl sites for hydroxylation is 1. The van der Waals surface area contributed by atoms with Gasteiger partial charge in [0.05, 0.1) is 11.8 Å². The molecule has 1 aliphatic heterocycles. The smallest absolute Gasteiger partial charge is 0.255 e. The summed E-state index contributed by atoms with van der Waals surface area (Å²) in [6, 6.07) is 0.579. The Kier molecular flexibility index (Phi) is 4.18. The van der Waals surface area contributed by atoms with E-state index in [1.54, 1.807) is 10.9 Å². The summed E-state index contributed by atoms with van der Waals surface area (Å²) in [4.78, 5) is 14.9. The van der Waals surface area contributed by atoms with Crippen LogP contribution in [0.25, 0.3) is 0 Å². The van der Waals surface area contributed by atoms with Gasteiger partial charge in [-0.1, -0.05) is 0 Å². The Morgan fingerprint density at radius 1 is 1.40 bits per heavy atom. The molecule has 1 fully saturated rings. The quantitative estimate of drug-likeness (QED) is 0.916. The maximum Gasteiger partial charge on any atom is 0.255 e. The van der Waals surface area contributed by atoms with Gasteiger partial charge in [0, 0.05) is 37.4 Å². The van der Waals surface area contributed by atoms with Crippen molar-refractivity contribution in [2.75, 3.05) is 13.1 Å². The Bertz CT molecular complexity index is 484. The molecule has 1 aromatic rings. The van der Waals surface area contributed by atoms with Gasteiger partial charge in [0.25, 0.3) is 5.91 Å². The Balaban J connectivity index is 2.00. The maximum atomic E-state index is 12.4. The van der Waals surface area contributed by atoms with Crippen molar-refractivity contribution in [3.63, 3.8) is 0 Å². The minimum absolute atomic E-state index is 0.00361. The third-order valence-corrected chi connectivity index (χ3v) is 4.53. The van der Waals surface area contributed by atoms with Crippen molar-refractivity contribution in [3.8, 4) is 0 Å². The minimum atomic E-state index is -0.106. The summed E-state index contributed by atoms with van der Waals surface area (Å²) in [7, 11) is 1.86. The molecule has 1 aliphatic rings. The van der Waals surface area contributed by atoms with Crippen LogP contribution in [-0.2, 0) is 7.05 Å². The van der Waals surface area contributed by atoms with Crippen molar-refractivity contribution in [1.29, 1.82) is 0 Å². The number of nitrogens with zero attached hydrogens (tertiary/aromatic N) is 3. The Morgan fingerprint density at radius 2 is 2.00 bits per heavy atom. The summed E-state index contributed by atoms with van der Waals surface area (Å²) in [6.45, 7) is 10.6. The van der Waals surface area contributed by atoms with Gasteiger partial charge in [-0.3, -0.25) is 9.48 Å². The third kappa shape index (κ3) is 3.03. The van der Waals surface area contributed by atoms with Crippen molar-refractivity contribution in [3.05, 3.63) is 17.5 Å². The molecule has 0 aliphatic carbocycles. The van der Waals surface area contributed by atoms with Crippen molar-refractivity contribution in [2.24, 2.45) is 7.05 Å². The fourth-order valence-corrected chi connectivity index (χ4v) is 2.72. The number of amides is 1. The van der Waals surface area contributed by atoms with Gasteiger partial charge in [-0.25, -0.2) is 0 Å². The Hall–Kier alpha value is -1.36. The molecule has 0 aromatic carbocycles. The number of rotatable bonds is 3. The van der Waals surface area contributed by atoms with Crippen molar-refractivity contribution >= 4 is 5.91 Å². The van der Waals surface area contributed by atoms with Crippen LogP contribution >= 0.6 is 0 Å². The molecule has 0 unspecified atom stereocenters. The zero-order valence-electron chi connectivity index (χ0n) is 13.2. The predicted octanol–water partition coefficient (Wildman–Crippen LogP) is 1.72. The molecule has 20 heavy (non-hydrogen) atoms. The van der Waals surface area contributed by atoms with Crippen molar-refractivity contribution in [2.45, 2.75) is 52.1 Å². The molecule has 112 valence electrons. The fraction of sp³-hybridized carbons (Fsp3) is 0.733. The molecule has 0 atom stereocenters. The summed E-state index contributed by atoms with van der Waals surface area (Å²) in [5.41, 5.74) is 1.48. The van der Waals surface area contributed by atoms with Crippen LogP contribution in [0.15, 0.2) is 6.20 Å². The lowest BCUT2D eigenvalue weighted by atomic mass is 9.88. The summed E-state index contributed by atoms with van der Waals surface area (Å²) < 4.78 is 1.73. The highest BCUT2D eigenvalue weighted by Gasteiger charge is 2.32. The molecule has 0 saturated carbocycles. The number of hydrogen-bond acceptors (Lipinski definition) is 3. The Labute approximate surface area is 121 Å². The topological polar surface area (TPSA) is 50.2 Å². The van der Waals surface area contributed by atoms with Crippen LogP contribution < -0.4 is 5.32 Å². The first-order valence-electron chi connectivity index (χ1n) is 7.37. The van der Waals surface area contributed by atoms with Crippen molar-refractivity contribution in [1.82, 2.24) is 20.0 Å². The number of hydrogen-bond donors (Lipinski definition) is 1. The lowest BCUT2D eigenvalue weighted by Gasteiger charge is -2.41. The molecule has 1 saturated heterocycles. The lowest BCUT2D eigenvalue weighted by molar-refractivity contribution is 0.0801. The number of nitrogens with one attached hydrogen (secondary N) is 1. The first-order chi connectivity index (χ1) is 9.32. The summed E-state index contributed by atoms with van der Waals surface area (Å²) in [5.74, 6) is -0.00361. The van der Waals surface area contributed by atoms with E-state index in [1.807, 2.05) is 14.0 Å². The van der Waals surface area contributed by atoms with Crippen LogP contribution in [0.4, 0.5) is 0 Å². The van der Waals surface area contributed by atoms with Gasteiger partial charge < -0.3 is 10.2 Å². The van der Waals surface area contributed by atoms with E-state index in [2.05, 4.69) is 36.1 Å². The molecule has 1 N–H and O–H groups in total. The van der Waals surface area contributed by atoms with Crippen LogP contribution in [-0.4, -0.2) is 45.3 Å². The molecule has 5 heteroatoms. The van der Waals surface area contributed by atoms with Crippen LogP contribution in [0, 0.1) is 6.92 Å². The highest BCUT2D eigenvalue weighted by Crippen LogP contribution is 2.23. The lowest BCUT2D eigenvalue weighted by Crippen LogP contribution is -2.54. The SMILES string of the molecule is Cc1c(C(=O)NC2(C)CCN(C(C)C)CC2)cnn1C. The standard InChI is InChI=1S/C15H26N4O/c1-11(2)19-8-6-15(4,7-9-19)17-14(20)13-10-16-18(5)12(13)3/h10-11H,6-9H2,1-5H3,(H,17,20). The third-order valence-electron chi connectivity index (χ3n) is 4.53. The van der Waals surface area contributed by atoms with Gasteiger partial charge in [-0.05, 0) is 40.5 Å². The second kappa shape index (κ2) is 5.56. The molecule has 0 bridgehead atoms. The van der Waals surface area contributed by atoms with E-state index in [4.69, 9.17) is 0 Å². The number of aromatic nitrogens is 2. The minimum Gasteiger partial charge on any atom is -0.347 e. The highest BCUT2D eigenvalue weighted by molar-refractivity contribution is 5.95. The van der Waals surface area contributed by atoms with E-state index in [-0.39, 0.29) is 11.4 Å². The molecule has 1 aromatic heterocycles. The first-order valence-corrected chi connectivity index (χ1v) is 7.37. The zero-order chi connectivity index (χ0) is 14.9. The summed E-state index contributed by atoms with van der Waals surface area (Å²) in [5, 5.41) is 7.34. The average molecular weight is 278 g/mol. The predicted molar refractivity (Wildman–Crippen MR) is 79.8 cm³/mol. The number of likely N-dealkylation sites (tertiary alicyclic amines) is 1. The monoisotopic (exact) mass is 278 g/mol. The number of piperidine rings is 1. The molecule has 0 spiro atoms. The van der Waals surface area contributed by atoms with Crippen LogP contribution in [0.5, 0.6) is 0 Å². The van der Waals surface area contributed by atoms with E-state index in [9.17, 15) is 4.79 Å². The van der Waals surface area contributed by atoms with Crippen LogP contribution in [0.1, 0.15) is 49.7 Å². The second-order valence-electron chi connectivity index (χ2n) is 6.41. The number of carbonyl (C=O) groups excluding carboxylic acids is 1. The maximum absolute atomic E-state index is 12.4. The van der Waals surface area contributed by atoms with Gasteiger partial charge in [-0.2, -0.15) is 5.10 Å². The van der Waals surface area contributed by atoms with Gasteiger partial charge in [-0.15, -0.1) is 0 Å². The van der Waals surface area contributed by atoms with Crippen LogP contribution in [0.2, 0.25) is 0 Å². The Morgan fingerprint density at radius 3 is 2.45 bits per heavy atom. The number of carbonyl (C=O) groups is 1. The zero-order valence-corrected chi connectivity index (χ0v) is 13.2. The molecule has 2 rings (SSSR count). The van der Waals surface area contributed by atoms with E-state index < -0.39 is 0 Å². The van der Waals surface area contributed by atoms with E-state index in [1.165, 1.54) is 0 Å². The second-order valence-corrected chi connectivity index (χ2v) is 6.41. The van der Waals surface area contributed by atoms with Crippen molar-refractivity contribution < 1.29 is 4.79 Å².